The van der Waals surface area contributed by atoms with Crippen molar-refractivity contribution in [3.05, 3.63) is 29.8 Å². The summed E-state index contributed by atoms with van der Waals surface area (Å²) in [6.07, 6.45) is -1.60. The lowest BCUT2D eigenvalue weighted by Crippen LogP contribution is -2.45. The second-order valence-corrected chi connectivity index (χ2v) is 5.88. The number of benzene rings is 1. The molecular formula is C17H23F3N4O2. The van der Waals surface area contributed by atoms with Crippen molar-refractivity contribution in [1.82, 2.24) is 15.5 Å². The molecule has 1 heterocycles. The molecule has 1 saturated heterocycles. The Hall–Kier alpha value is -2.45. The van der Waals surface area contributed by atoms with E-state index in [0.717, 1.165) is 32.4 Å². The number of likely N-dealkylation sites (tertiary alicyclic amines) is 1. The lowest BCUT2D eigenvalue weighted by Gasteiger charge is -2.27. The molecule has 0 aromatic heterocycles. The maximum atomic E-state index is 12.5. The molecule has 0 spiro atoms. The Morgan fingerprint density at radius 3 is 2.54 bits per heavy atom. The second kappa shape index (κ2) is 9.30. The van der Waals surface area contributed by atoms with E-state index in [2.05, 4.69) is 20.4 Å². The van der Waals surface area contributed by atoms with Crippen LogP contribution in [0.4, 0.5) is 13.2 Å². The van der Waals surface area contributed by atoms with Gasteiger partial charge in [0.15, 0.2) is 5.96 Å². The summed E-state index contributed by atoms with van der Waals surface area (Å²) in [5.74, 6) is 0.0398. The van der Waals surface area contributed by atoms with Crippen LogP contribution >= 0.6 is 0 Å². The molecule has 6 nitrogen and oxygen atoms in total. The summed E-state index contributed by atoms with van der Waals surface area (Å²) in [5.41, 5.74) is 0.329. The van der Waals surface area contributed by atoms with Crippen molar-refractivity contribution in [2.24, 2.45) is 4.99 Å². The molecule has 0 radical (unpaired) electrons. The van der Waals surface area contributed by atoms with Crippen LogP contribution in [0.5, 0.6) is 5.75 Å². The number of piperidine rings is 1. The van der Waals surface area contributed by atoms with Gasteiger partial charge in [0.25, 0.3) is 0 Å². The van der Waals surface area contributed by atoms with Gasteiger partial charge in [-0.3, -0.25) is 9.79 Å². The van der Waals surface area contributed by atoms with E-state index in [4.69, 9.17) is 0 Å². The van der Waals surface area contributed by atoms with Gasteiger partial charge in [0.1, 0.15) is 5.75 Å². The second-order valence-electron chi connectivity index (χ2n) is 5.88. The van der Waals surface area contributed by atoms with Gasteiger partial charge < -0.3 is 20.3 Å². The van der Waals surface area contributed by atoms with E-state index in [1.165, 1.54) is 25.2 Å². The monoisotopic (exact) mass is 372 g/mol. The number of carbonyl (C=O) groups is 1. The number of aliphatic imine (C=N–C) groups is 1. The first-order chi connectivity index (χ1) is 12.4. The van der Waals surface area contributed by atoms with E-state index in [1.807, 2.05) is 0 Å². The van der Waals surface area contributed by atoms with Gasteiger partial charge in [0.2, 0.25) is 5.91 Å². The number of nitrogens with one attached hydrogen (secondary N) is 2. The van der Waals surface area contributed by atoms with Crippen molar-refractivity contribution in [1.29, 1.82) is 0 Å². The Bertz CT molecular complexity index is 629. The van der Waals surface area contributed by atoms with Gasteiger partial charge >= 0.3 is 6.36 Å². The summed E-state index contributed by atoms with van der Waals surface area (Å²) in [6.45, 7) is 1.67. The third kappa shape index (κ3) is 6.45. The Labute approximate surface area is 150 Å². The van der Waals surface area contributed by atoms with E-state index < -0.39 is 6.36 Å². The van der Waals surface area contributed by atoms with Crippen LogP contribution < -0.4 is 15.4 Å². The Morgan fingerprint density at radius 2 is 1.88 bits per heavy atom. The fourth-order valence-corrected chi connectivity index (χ4v) is 2.69. The number of hydrogen-bond donors (Lipinski definition) is 2. The highest BCUT2D eigenvalue weighted by Crippen LogP contribution is 2.26. The topological polar surface area (TPSA) is 66.0 Å². The van der Waals surface area contributed by atoms with Gasteiger partial charge in [-0.25, -0.2) is 0 Å². The van der Waals surface area contributed by atoms with Crippen LogP contribution in [0.3, 0.4) is 0 Å². The molecule has 1 aromatic carbocycles. The number of rotatable bonds is 5. The highest BCUT2D eigenvalue weighted by Gasteiger charge is 2.31. The minimum Gasteiger partial charge on any atom is -0.405 e. The fraction of sp³-hybridized carbons (Fsp3) is 0.529. The number of hydrogen-bond acceptors (Lipinski definition) is 3. The lowest BCUT2D eigenvalue weighted by atomic mass is 10.1. The maximum Gasteiger partial charge on any atom is 0.573 e. The summed E-state index contributed by atoms with van der Waals surface area (Å²) in [6, 6.07) is 5.87. The zero-order valence-electron chi connectivity index (χ0n) is 14.6. The zero-order valence-corrected chi connectivity index (χ0v) is 14.6. The lowest BCUT2D eigenvalue weighted by molar-refractivity contribution is -0.274. The summed E-state index contributed by atoms with van der Waals surface area (Å²) in [4.78, 5) is 17.9. The minimum atomic E-state index is -4.75. The SMILES string of the molecule is CN=C(NCC(=O)N1CCCCC1)NCc1ccccc1OC(F)(F)F. The summed E-state index contributed by atoms with van der Waals surface area (Å²) < 4.78 is 41.4. The van der Waals surface area contributed by atoms with Crippen LogP contribution in [-0.2, 0) is 11.3 Å². The molecule has 26 heavy (non-hydrogen) atoms. The largest absolute Gasteiger partial charge is 0.573 e. The minimum absolute atomic E-state index is 0.0199. The molecule has 0 atom stereocenters. The van der Waals surface area contributed by atoms with Crippen LogP contribution in [0.25, 0.3) is 0 Å². The van der Waals surface area contributed by atoms with Gasteiger partial charge in [-0.1, -0.05) is 18.2 Å². The van der Waals surface area contributed by atoms with Crippen molar-refractivity contribution in [3.8, 4) is 5.75 Å². The van der Waals surface area contributed by atoms with E-state index in [-0.39, 0.29) is 24.7 Å². The van der Waals surface area contributed by atoms with E-state index in [0.29, 0.717) is 11.5 Å². The number of amides is 1. The highest BCUT2D eigenvalue weighted by molar-refractivity contribution is 5.86. The van der Waals surface area contributed by atoms with E-state index in [9.17, 15) is 18.0 Å². The number of para-hydroxylation sites is 1. The molecule has 1 aliphatic rings. The molecule has 1 fully saturated rings. The van der Waals surface area contributed by atoms with E-state index in [1.54, 1.807) is 11.0 Å². The Balaban J connectivity index is 1.86. The first kappa shape index (κ1) is 19.9. The number of nitrogens with zero attached hydrogens (tertiary/aromatic N) is 2. The van der Waals surface area contributed by atoms with Gasteiger partial charge in [0.05, 0.1) is 6.54 Å². The molecule has 0 saturated carbocycles. The maximum absolute atomic E-state index is 12.5. The first-order valence-electron chi connectivity index (χ1n) is 8.45. The quantitative estimate of drug-likeness (QED) is 0.615. The van der Waals surface area contributed by atoms with Crippen molar-refractivity contribution in [3.63, 3.8) is 0 Å². The van der Waals surface area contributed by atoms with Crippen molar-refractivity contribution >= 4 is 11.9 Å². The standard InChI is InChI=1S/C17H23F3N4O2/c1-21-16(23-12-15(25)24-9-5-2-6-10-24)22-11-13-7-3-4-8-14(13)26-17(18,19)20/h3-4,7-8H,2,5-6,9-12H2,1H3,(H2,21,22,23). The molecule has 1 aromatic rings. The molecule has 2 rings (SSSR count). The van der Waals surface area contributed by atoms with Crippen LogP contribution in [0.1, 0.15) is 24.8 Å². The van der Waals surface area contributed by atoms with E-state index >= 15 is 0 Å². The van der Waals surface area contributed by atoms with Crippen LogP contribution in [0, 0.1) is 0 Å². The zero-order chi connectivity index (χ0) is 19.0. The van der Waals surface area contributed by atoms with Crippen molar-refractivity contribution < 1.29 is 22.7 Å². The number of halogens is 3. The molecule has 0 bridgehead atoms. The van der Waals surface area contributed by atoms with Crippen molar-refractivity contribution in [2.75, 3.05) is 26.7 Å². The normalized spacial score (nSPS) is 15.5. The molecule has 0 aliphatic carbocycles. The van der Waals surface area contributed by atoms with Gasteiger partial charge in [0, 0.05) is 32.2 Å². The molecular weight excluding hydrogens is 349 g/mol. The van der Waals surface area contributed by atoms with Gasteiger partial charge in [-0.15, -0.1) is 13.2 Å². The van der Waals surface area contributed by atoms with Gasteiger partial charge in [-0.05, 0) is 25.3 Å². The molecule has 0 unspecified atom stereocenters. The average Bonchev–Trinajstić information content (AvgIpc) is 2.62. The number of guanidine groups is 1. The third-order valence-corrected chi connectivity index (χ3v) is 3.98. The number of carbonyl (C=O) groups excluding carboxylic acids is 1. The van der Waals surface area contributed by atoms with Gasteiger partial charge in [-0.2, -0.15) is 0 Å². The molecule has 2 N–H and O–H groups in total. The van der Waals surface area contributed by atoms with Crippen molar-refractivity contribution in [2.45, 2.75) is 32.2 Å². The van der Waals surface area contributed by atoms with Crippen LogP contribution in [0.15, 0.2) is 29.3 Å². The average molecular weight is 372 g/mol. The predicted octanol–water partition coefficient (Wildman–Crippen LogP) is 2.26. The number of ether oxygens (including phenoxy) is 1. The fourth-order valence-electron chi connectivity index (χ4n) is 2.69. The molecule has 1 aliphatic heterocycles. The molecule has 144 valence electrons. The first-order valence-corrected chi connectivity index (χ1v) is 8.45. The summed E-state index contributed by atoms with van der Waals surface area (Å²) in [7, 11) is 1.53. The summed E-state index contributed by atoms with van der Waals surface area (Å²) in [5, 5.41) is 5.78. The Morgan fingerprint density at radius 1 is 1.19 bits per heavy atom. The Kier molecular flexibility index (Phi) is 7.11. The molecule has 1 amide bonds. The highest BCUT2D eigenvalue weighted by atomic mass is 19.4. The third-order valence-electron chi connectivity index (χ3n) is 3.98. The smallest absolute Gasteiger partial charge is 0.405 e. The van der Waals surface area contributed by atoms with Crippen LogP contribution in [-0.4, -0.2) is 49.8 Å². The summed E-state index contributed by atoms with van der Waals surface area (Å²) >= 11 is 0. The predicted molar refractivity (Wildman–Crippen MR) is 91.8 cm³/mol. The molecule has 9 heteroatoms. The number of alkyl halides is 3. The van der Waals surface area contributed by atoms with Crippen LogP contribution in [0.2, 0.25) is 0 Å².